The summed E-state index contributed by atoms with van der Waals surface area (Å²) >= 11 is 2.54. The largest absolute Gasteiger partial charge is 0.462 e. The summed E-state index contributed by atoms with van der Waals surface area (Å²) in [5.41, 5.74) is 1.36. The molecule has 2 aliphatic heterocycles. The minimum Gasteiger partial charge on any atom is -0.462 e. The first kappa shape index (κ1) is 24.3. The first-order chi connectivity index (χ1) is 15.9. The van der Waals surface area contributed by atoms with Gasteiger partial charge in [0.1, 0.15) is 15.3 Å². The number of amides is 1. The fourth-order valence-electron chi connectivity index (χ4n) is 4.41. The molecule has 2 aliphatic rings. The van der Waals surface area contributed by atoms with Crippen molar-refractivity contribution >= 4 is 49.6 Å². The maximum absolute atomic E-state index is 13.4. The molecule has 1 unspecified atom stereocenters. The number of piperidine rings is 1. The SMILES string of the molecule is CCOC(=O)c1c(NC(=O)C2CCCCN2S(=O)(=O)c2cccs2)sc2c1CCN(CC)C2. The van der Waals surface area contributed by atoms with E-state index in [1.54, 1.807) is 24.4 Å². The van der Waals surface area contributed by atoms with Crippen LogP contribution in [0.15, 0.2) is 21.7 Å². The predicted octanol–water partition coefficient (Wildman–Crippen LogP) is 3.55. The lowest BCUT2D eigenvalue weighted by atomic mass is 10.0. The number of likely N-dealkylation sites (N-methyl/N-ethyl adjacent to an activating group) is 1. The van der Waals surface area contributed by atoms with Crippen LogP contribution in [0.2, 0.25) is 0 Å². The zero-order valence-corrected chi connectivity index (χ0v) is 21.3. The molecular weight excluding hydrogens is 482 g/mol. The van der Waals surface area contributed by atoms with Crippen molar-refractivity contribution < 1.29 is 22.7 Å². The van der Waals surface area contributed by atoms with Crippen LogP contribution in [0.25, 0.3) is 0 Å². The van der Waals surface area contributed by atoms with Crippen LogP contribution in [0.1, 0.15) is 53.9 Å². The Kier molecular flexibility index (Phi) is 7.54. The quantitative estimate of drug-likeness (QED) is 0.571. The third kappa shape index (κ3) is 4.88. The van der Waals surface area contributed by atoms with Crippen LogP contribution >= 0.6 is 22.7 Å². The number of thiophene rings is 2. The first-order valence-corrected chi connectivity index (χ1v) is 14.4. The van der Waals surface area contributed by atoms with Gasteiger partial charge in [0.25, 0.3) is 10.0 Å². The molecule has 33 heavy (non-hydrogen) atoms. The topological polar surface area (TPSA) is 96.0 Å². The van der Waals surface area contributed by atoms with Crippen molar-refractivity contribution in [2.45, 2.75) is 56.3 Å². The van der Waals surface area contributed by atoms with Gasteiger partial charge in [-0.3, -0.25) is 9.69 Å². The van der Waals surface area contributed by atoms with Gasteiger partial charge in [-0.1, -0.05) is 19.4 Å². The van der Waals surface area contributed by atoms with Gasteiger partial charge in [0.05, 0.1) is 12.2 Å². The molecule has 4 rings (SSSR count). The minimum absolute atomic E-state index is 0.237. The van der Waals surface area contributed by atoms with Crippen LogP contribution in [-0.2, 0) is 32.5 Å². The van der Waals surface area contributed by atoms with E-state index in [0.29, 0.717) is 36.4 Å². The number of sulfonamides is 1. The van der Waals surface area contributed by atoms with Crippen LogP contribution in [0, 0.1) is 0 Å². The number of carbonyl (C=O) groups excluding carboxylic acids is 2. The van der Waals surface area contributed by atoms with Crippen molar-refractivity contribution in [2.24, 2.45) is 0 Å². The molecule has 0 spiro atoms. The number of fused-ring (bicyclic) bond motifs is 1. The number of esters is 1. The maximum atomic E-state index is 13.4. The van der Waals surface area contributed by atoms with Crippen molar-refractivity contribution in [1.82, 2.24) is 9.21 Å². The van der Waals surface area contributed by atoms with Gasteiger partial charge in [0.15, 0.2) is 0 Å². The number of ether oxygens (including phenoxy) is 1. The summed E-state index contributed by atoms with van der Waals surface area (Å²) in [7, 11) is -3.76. The Morgan fingerprint density at radius 3 is 2.76 bits per heavy atom. The molecule has 1 N–H and O–H groups in total. The Balaban J connectivity index is 1.63. The molecule has 1 saturated heterocycles. The number of anilines is 1. The fourth-order valence-corrected chi connectivity index (χ4v) is 8.47. The van der Waals surface area contributed by atoms with Crippen molar-refractivity contribution in [3.05, 3.63) is 33.5 Å². The van der Waals surface area contributed by atoms with E-state index in [9.17, 15) is 18.0 Å². The average Bonchev–Trinajstić information content (AvgIpc) is 3.47. The molecule has 0 saturated carbocycles. The average molecular weight is 512 g/mol. The number of rotatable bonds is 7. The molecule has 0 radical (unpaired) electrons. The summed E-state index contributed by atoms with van der Waals surface area (Å²) < 4.78 is 33.2. The van der Waals surface area contributed by atoms with Gasteiger partial charge < -0.3 is 10.1 Å². The highest BCUT2D eigenvalue weighted by Crippen LogP contribution is 2.38. The smallest absolute Gasteiger partial charge is 0.341 e. The van der Waals surface area contributed by atoms with Crippen LogP contribution in [0.5, 0.6) is 0 Å². The van der Waals surface area contributed by atoms with Gasteiger partial charge in [-0.05, 0) is 49.7 Å². The molecule has 2 aromatic rings. The van der Waals surface area contributed by atoms with Crippen LogP contribution in [-0.4, -0.2) is 61.8 Å². The van der Waals surface area contributed by atoms with Gasteiger partial charge >= 0.3 is 5.97 Å². The van der Waals surface area contributed by atoms with Crippen molar-refractivity contribution in [2.75, 3.05) is 31.6 Å². The van der Waals surface area contributed by atoms with Gasteiger partial charge in [0, 0.05) is 24.5 Å². The Morgan fingerprint density at radius 1 is 1.24 bits per heavy atom. The highest BCUT2D eigenvalue weighted by Gasteiger charge is 2.39. The summed E-state index contributed by atoms with van der Waals surface area (Å²) in [5.74, 6) is -0.840. The summed E-state index contributed by atoms with van der Waals surface area (Å²) in [4.78, 5) is 29.5. The van der Waals surface area contributed by atoms with Crippen LogP contribution < -0.4 is 5.32 Å². The van der Waals surface area contributed by atoms with Gasteiger partial charge in [-0.2, -0.15) is 4.31 Å². The van der Waals surface area contributed by atoms with E-state index < -0.39 is 27.9 Å². The zero-order chi connectivity index (χ0) is 23.6. The molecule has 0 bridgehead atoms. The van der Waals surface area contributed by atoms with E-state index >= 15 is 0 Å². The Morgan fingerprint density at radius 2 is 2.06 bits per heavy atom. The van der Waals surface area contributed by atoms with Crippen molar-refractivity contribution in [1.29, 1.82) is 0 Å². The molecule has 8 nitrogen and oxygen atoms in total. The number of nitrogens with zero attached hydrogens (tertiary/aromatic N) is 2. The van der Waals surface area contributed by atoms with E-state index in [2.05, 4.69) is 17.1 Å². The summed E-state index contributed by atoms with van der Waals surface area (Å²) in [5, 5.41) is 5.09. The molecular formula is C22H29N3O5S3. The van der Waals surface area contributed by atoms with E-state index in [4.69, 9.17) is 4.74 Å². The van der Waals surface area contributed by atoms with Crippen LogP contribution in [0.4, 0.5) is 5.00 Å². The van der Waals surface area contributed by atoms with E-state index in [1.165, 1.54) is 15.6 Å². The molecule has 2 aromatic heterocycles. The lowest BCUT2D eigenvalue weighted by molar-refractivity contribution is -0.120. The maximum Gasteiger partial charge on any atom is 0.341 e. The molecule has 0 aromatic carbocycles. The fraction of sp³-hybridized carbons (Fsp3) is 0.545. The van der Waals surface area contributed by atoms with E-state index in [1.807, 2.05) is 0 Å². The van der Waals surface area contributed by atoms with Gasteiger partial charge in [-0.15, -0.1) is 22.7 Å². The first-order valence-electron chi connectivity index (χ1n) is 11.3. The molecule has 11 heteroatoms. The van der Waals surface area contributed by atoms with Crippen molar-refractivity contribution in [3.8, 4) is 0 Å². The summed E-state index contributed by atoms with van der Waals surface area (Å²) in [6.45, 7) is 6.87. The number of hydrogen-bond acceptors (Lipinski definition) is 8. The third-order valence-corrected chi connectivity index (χ3v) is 10.5. The van der Waals surface area contributed by atoms with Gasteiger partial charge in [0.2, 0.25) is 5.91 Å². The molecule has 1 atom stereocenters. The Labute approximate surface area is 202 Å². The summed E-state index contributed by atoms with van der Waals surface area (Å²) in [6, 6.07) is 2.44. The zero-order valence-electron chi connectivity index (χ0n) is 18.8. The highest BCUT2D eigenvalue weighted by atomic mass is 32.2. The Bertz CT molecular complexity index is 1110. The molecule has 180 valence electrons. The molecule has 1 amide bonds. The Hall–Kier alpha value is -1.79. The second kappa shape index (κ2) is 10.2. The van der Waals surface area contributed by atoms with Gasteiger partial charge in [-0.25, -0.2) is 13.2 Å². The van der Waals surface area contributed by atoms with E-state index in [0.717, 1.165) is 47.8 Å². The monoisotopic (exact) mass is 511 g/mol. The predicted molar refractivity (Wildman–Crippen MR) is 129 cm³/mol. The lowest BCUT2D eigenvalue weighted by Crippen LogP contribution is -2.49. The lowest BCUT2D eigenvalue weighted by Gasteiger charge is -2.33. The normalized spacial score (nSPS) is 19.8. The summed E-state index contributed by atoms with van der Waals surface area (Å²) in [6.07, 6.45) is 2.64. The second-order valence-electron chi connectivity index (χ2n) is 8.10. The minimum atomic E-state index is -3.76. The molecule has 0 aliphatic carbocycles. The third-order valence-electron chi connectivity index (χ3n) is 6.11. The molecule has 1 fully saturated rings. The highest BCUT2D eigenvalue weighted by molar-refractivity contribution is 7.91. The molecule has 4 heterocycles. The number of nitrogens with one attached hydrogen (secondary N) is 1. The number of carbonyl (C=O) groups is 2. The standard InChI is InChI=1S/C22H29N3O5S3/c1-3-24-12-10-15-17(14-24)32-21(19(15)22(27)30-4-2)23-20(26)16-8-5-6-11-25(16)33(28,29)18-9-7-13-31-18/h7,9,13,16H,3-6,8,10-12,14H2,1-2H3,(H,23,26). The van der Waals surface area contributed by atoms with Crippen LogP contribution in [0.3, 0.4) is 0 Å². The number of hydrogen-bond donors (Lipinski definition) is 1. The second-order valence-corrected chi connectivity index (χ2v) is 12.3. The van der Waals surface area contributed by atoms with E-state index in [-0.39, 0.29) is 10.8 Å². The van der Waals surface area contributed by atoms with Crippen molar-refractivity contribution in [3.63, 3.8) is 0 Å².